The minimum atomic E-state index is -3.75. The van der Waals surface area contributed by atoms with Gasteiger partial charge in [0, 0.05) is 12.2 Å². The van der Waals surface area contributed by atoms with Gasteiger partial charge in [0.05, 0.1) is 22.9 Å². The maximum absolute atomic E-state index is 12.7. The minimum Gasteiger partial charge on any atom is -0.490 e. The molecule has 0 atom stereocenters. The number of benzene rings is 2. The predicted octanol–water partition coefficient (Wildman–Crippen LogP) is 3.13. The molecule has 2 aromatic rings. The Hall–Kier alpha value is -2.26. The smallest absolute Gasteiger partial charge is 0.261 e. The Morgan fingerprint density at radius 3 is 2.34 bits per heavy atom. The van der Waals surface area contributed by atoms with Crippen molar-refractivity contribution >= 4 is 31.4 Å². The third-order valence-corrected chi connectivity index (χ3v) is 7.90. The molecule has 0 bridgehead atoms. The first kappa shape index (κ1) is 20.0. The zero-order chi connectivity index (χ0) is 20.6. The van der Waals surface area contributed by atoms with E-state index >= 15 is 0 Å². The minimum absolute atomic E-state index is 0.148. The predicted molar refractivity (Wildman–Crippen MR) is 112 cm³/mol. The average Bonchev–Trinajstić information content (AvgIpc) is 3.30. The summed E-state index contributed by atoms with van der Waals surface area (Å²) >= 11 is 0. The number of rotatable bonds is 6. The van der Waals surface area contributed by atoms with Crippen LogP contribution < -0.4 is 13.8 Å². The first-order valence-electron chi connectivity index (χ1n) is 9.62. The number of nitrogens with one attached hydrogen (secondary N) is 1. The molecule has 0 unspecified atom stereocenters. The zero-order valence-corrected chi connectivity index (χ0v) is 17.8. The van der Waals surface area contributed by atoms with Crippen LogP contribution in [-0.4, -0.2) is 35.7 Å². The molecule has 2 aliphatic rings. The number of hydrogen-bond donors (Lipinski definition) is 1. The quantitative estimate of drug-likeness (QED) is 0.751. The molecule has 0 radical (unpaired) electrons. The third kappa shape index (κ3) is 4.35. The van der Waals surface area contributed by atoms with Gasteiger partial charge in [0.15, 0.2) is 0 Å². The topological polar surface area (TPSA) is 92.8 Å². The molecular formula is C20H24N2O5S2. The molecule has 29 heavy (non-hydrogen) atoms. The van der Waals surface area contributed by atoms with Crippen LogP contribution in [0.3, 0.4) is 0 Å². The SMILES string of the molecule is CS(=O)(=O)N1CCc2cc(NS(=O)(=O)c3ccc(OC4CCCC4)cc3)ccc21. The number of anilines is 2. The molecule has 2 aromatic carbocycles. The van der Waals surface area contributed by atoms with Gasteiger partial charge in [-0.15, -0.1) is 0 Å². The highest BCUT2D eigenvalue weighted by Crippen LogP contribution is 2.33. The summed E-state index contributed by atoms with van der Waals surface area (Å²) in [4.78, 5) is 0.148. The van der Waals surface area contributed by atoms with E-state index in [1.54, 1.807) is 30.3 Å². The summed E-state index contributed by atoms with van der Waals surface area (Å²) in [5.74, 6) is 0.675. The second-order valence-electron chi connectivity index (χ2n) is 7.53. The summed E-state index contributed by atoms with van der Waals surface area (Å²) in [6, 6.07) is 11.3. The molecule has 9 heteroatoms. The van der Waals surface area contributed by atoms with Crippen LogP contribution in [0.1, 0.15) is 31.2 Å². The van der Waals surface area contributed by atoms with Crippen molar-refractivity contribution in [1.82, 2.24) is 0 Å². The van der Waals surface area contributed by atoms with Crippen molar-refractivity contribution in [3.8, 4) is 5.75 Å². The Bertz CT molecular complexity index is 1110. The lowest BCUT2D eigenvalue weighted by Crippen LogP contribution is -2.27. The van der Waals surface area contributed by atoms with Crippen LogP contribution in [0, 0.1) is 0 Å². The molecule has 156 valence electrons. The van der Waals surface area contributed by atoms with Crippen molar-refractivity contribution in [2.45, 2.75) is 43.1 Å². The van der Waals surface area contributed by atoms with Crippen LogP contribution in [0.2, 0.25) is 0 Å². The molecule has 1 N–H and O–H groups in total. The largest absolute Gasteiger partial charge is 0.490 e. The van der Waals surface area contributed by atoms with Gasteiger partial charge in [0.2, 0.25) is 10.0 Å². The first-order chi connectivity index (χ1) is 13.7. The Morgan fingerprint density at radius 1 is 1.00 bits per heavy atom. The molecule has 0 spiro atoms. The maximum Gasteiger partial charge on any atom is 0.261 e. The van der Waals surface area contributed by atoms with E-state index in [2.05, 4.69) is 4.72 Å². The number of sulfonamides is 2. The van der Waals surface area contributed by atoms with Gasteiger partial charge in [-0.05, 0) is 80.1 Å². The summed E-state index contributed by atoms with van der Waals surface area (Å²) in [6.07, 6.45) is 6.35. The van der Waals surface area contributed by atoms with Gasteiger partial charge in [-0.1, -0.05) is 0 Å². The van der Waals surface area contributed by atoms with E-state index in [1.165, 1.54) is 35.5 Å². The van der Waals surface area contributed by atoms with Crippen LogP contribution in [0.25, 0.3) is 0 Å². The van der Waals surface area contributed by atoms with Crippen molar-refractivity contribution in [3.05, 3.63) is 48.0 Å². The number of hydrogen-bond acceptors (Lipinski definition) is 5. The van der Waals surface area contributed by atoms with Crippen molar-refractivity contribution in [2.75, 3.05) is 21.8 Å². The van der Waals surface area contributed by atoms with Gasteiger partial charge < -0.3 is 4.74 Å². The van der Waals surface area contributed by atoms with E-state index in [0.717, 1.165) is 18.4 Å². The summed E-state index contributed by atoms with van der Waals surface area (Å²) in [7, 11) is -7.09. The van der Waals surface area contributed by atoms with Gasteiger partial charge in [0.25, 0.3) is 10.0 Å². The highest BCUT2D eigenvalue weighted by Gasteiger charge is 2.26. The van der Waals surface area contributed by atoms with Crippen LogP contribution >= 0.6 is 0 Å². The van der Waals surface area contributed by atoms with Crippen molar-refractivity contribution in [1.29, 1.82) is 0 Å². The number of ether oxygens (including phenoxy) is 1. The molecule has 1 aliphatic carbocycles. The van der Waals surface area contributed by atoms with E-state index in [-0.39, 0.29) is 11.0 Å². The monoisotopic (exact) mass is 436 g/mol. The van der Waals surface area contributed by atoms with E-state index in [0.29, 0.717) is 30.1 Å². The van der Waals surface area contributed by atoms with Gasteiger partial charge in [-0.25, -0.2) is 16.8 Å². The van der Waals surface area contributed by atoms with Crippen LogP contribution in [0.5, 0.6) is 5.75 Å². The Morgan fingerprint density at radius 2 is 1.69 bits per heavy atom. The Kier molecular flexibility index (Phi) is 5.20. The fraction of sp³-hybridized carbons (Fsp3) is 0.400. The second kappa shape index (κ2) is 7.53. The molecule has 4 rings (SSSR count). The zero-order valence-electron chi connectivity index (χ0n) is 16.2. The van der Waals surface area contributed by atoms with E-state index in [4.69, 9.17) is 4.74 Å². The summed E-state index contributed by atoms with van der Waals surface area (Å²) in [6.45, 7) is 0.368. The van der Waals surface area contributed by atoms with Crippen molar-refractivity contribution < 1.29 is 21.6 Å². The summed E-state index contributed by atoms with van der Waals surface area (Å²) in [5.41, 5.74) is 1.81. The molecule has 0 saturated heterocycles. The molecule has 7 nitrogen and oxygen atoms in total. The van der Waals surface area contributed by atoms with Gasteiger partial charge in [-0.2, -0.15) is 0 Å². The summed E-state index contributed by atoms with van der Waals surface area (Å²) in [5, 5.41) is 0. The van der Waals surface area contributed by atoms with Gasteiger partial charge >= 0.3 is 0 Å². The lowest BCUT2D eigenvalue weighted by molar-refractivity contribution is 0.210. The molecule has 1 aliphatic heterocycles. The van der Waals surface area contributed by atoms with E-state index < -0.39 is 20.0 Å². The fourth-order valence-corrected chi connectivity index (χ4v) is 5.90. The standard InChI is InChI=1S/C20H24N2O5S2/c1-28(23,24)22-13-12-15-14-16(6-11-20(15)22)21-29(25,26)19-9-7-18(8-10-19)27-17-4-2-3-5-17/h6-11,14,17,21H,2-5,12-13H2,1H3. The number of fused-ring (bicyclic) bond motifs is 1. The maximum atomic E-state index is 12.7. The fourth-order valence-electron chi connectivity index (χ4n) is 3.89. The molecule has 0 amide bonds. The first-order valence-corrected chi connectivity index (χ1v) is 13.0. The van der Waals surface area contributed by atoms with Crippen LogP contribution in [-0.2, 0) is 26.5 Å². The van der Waals surface area contributed by atoms with E-state index in [9.17, 15) is 16.8 Å². The molecule has 0 aromatic heterocycles. The van der Waals surface area contributed by atoms with Crippen molar-refractivity contribution in [2.24, 2.45) is 0 Å². The highest BCUT2D eigenvalue weighted by atomic mass is 32.2. The molecule has 1 fully saturated rings. The second-order valence-corrected chi connectivity index (χ2v) is 11.1. The lowest BCUT2D eigenvalue weighted by Gasteiger charge is -2.17. The molecule has 1 heterocycles. The third-order valence-electron chi connectivity index (χ3n) is 5.32. The average molecular weight is 437 g/mol. The summed E-state index contributed by atoms with van der Waals surface area (Å²) < 4.78 is 58.9. The Balaban J connectivity index is 1.49. The van der Waals surface area contributed by atoms with Gasteiger partial charge in [-0.3, -0.25) is 9.03 Å². The van der Waals surface area contributed by atoms with Gasteiger partial charge in [0.1, 0.15) is 5.75 Å². The molecule has 1 saturated carbocycles. The van der Waals surface area contributed by atoms with Crippen molar-refractivity contribution in [3.63, 3.8) is 0 Å². The van der Waals surface area contributed by atoms with E-state index in [1.807, 2.05) is 0 Å². The number of nitrogens with zero attached hydrogens (tertiary/aromatic N) is 1. The highest BCUT2D eigenvalue weighted by molar-refractivity contribution is 7.92. The lowest BCUT2D eigenvalue weighted by atomic mass is 10.1. The molecular weight excluding hydrogens is 412 g/mol. The van der Waals surface area contributed by atoms with Crippen LogP contribution in [0.15, 0.2) is 47.4 Å². The van der Waals surface area contributed by atoms with Crippen LogP contribution in [0.4, 0.5) is 11.4 Å². The normalized spacial score (nSPS) is 17.3. The Labute approximate surface area is 171 Å².